The van der Waals surface area contributed by atoms with Crippen LogP contribution in [-0.2, 0) is 0 Å². The molecule has 6 N–H and O–H groups in total. The first kappa shape index (κ1) is 9.88. The van der Waals surface area contributed by atoms with E-state index in [0.717, 1.165) is 0 Å². The number of aliphatic hydroxyl groups excluding tert-OH is 4. The molecular formula is C7H15NO4. The molecule has 0 saturated heterocycles. The summed E-state index contributed by atoms with van der Waals surface area (Å²) in [5.41, 5.74) is 5.39. The lowest BCUT2D eigenvalue weighted by atomic mass is 10.00. The first-order valence-electron chi connectivity index (χ1n) is 4.00. The molecule has 1 rings (SSSR count). The predicted octanol–water partition coefficient (Wildman–Crippen LogP) is -2.59. The number of rotatable bonds is 2. The normalized spacial score (nSPS) is 48.2. The van der Waals surface area contributed by atoms with Crippen LogP contribution in [-0.4, -0.2) is 51.4 Å². The summed E-state index contributed by atoms with van der Waals surface area (Å²) >= 11 is 0. The third kappa shape index (κ3) is 1.46. The lowest BCUT2D eigenvalue weighted by Gasteiger charge is -2.16. The van der Waals surface area contributed by atoms with E-state index in [1.165, 1.54) is 0 Å². The second-order valence-corrected chi connectivity index (χ2v) is 3.23. The van der Waals surface area contributed by atoms with Gasteiger partial charge in [-0.15, -0.1) is 0 Å². The third-order valence-electron chi connectivity index (χ3n) is 2.48. The molecule has 0 aromatic rings. The summed E-state index contributed by atoms with van der Waals surface area (Å²) in [6.45, 7) is -0.127. The zero-order chi connectivity index (χ0) is 9.30. The van der Waals surface area contributed by atoms with E-state index in [4.69, 9.17) is 10.8 Å². The SMILES string of the molecule is NC1C(O)C(O)C(CCO)C1O. The molecule has 5 heteroatoms. The smallest absolute Gasteiger partial charge is 0.0978 e. The molecule has 1 saturated carbocycles. The molecule has 5 nitrogen and oxygen atoms in total. The Kier molecular flexibility index (Phi) is 3.03. The minimum atomic E-state index is -1.09. The van der Waals surface area contributed by atoms with E-state index in [1.54, 1.807) is 0 Å². The van der Waals surface area contributed by atoms with Gasteiger partial charge in [-0.1, -0.05) is 0 Å². The second kappa shape index (κ2) is 3.68. The molecule has 1 fully saturated rings. The Morgan fingerprint density at radius 2 is 1.58 bits per heavy atom. The highest BCUT2D eigenvalue weighted by Gasteiger charge is 2.46. The number of nitrogens with two attached hydrogens (primary N) is 1. The van der Waals surface area contributed by atoms with Gasteiger partial charge in [0.2, 0.25) is 0 Å². The van der Waals surface area contributed by atoms with Crippen LogP contribution < -0.4 is 5.73 Å². The fraction of sp³-hybridized carbons (Fsp3) is 1.00. The summed E-state index contributed by atoms with van der Waals surface area (Å²) in [4.78, 5) is 0. The van der Waals surface area contributed by atoms with Crippen LogP contribution in [0.1, 0.15) is 6.42 Å². The van der Waals surface area contributed by atoms with Crippen molar-refractivity contribution in [2.45, 2.75) is 30.8 Å². The maximum Gasteiger partial charge on any atom is 0.0978 e. The summed E-state index contributed by atoms with van der Waals surface area (Å²) in [7, 11) is 0. The number of hydrogen-bond acceptors (Lipinski definition) is 5. The van der Waals surface area contributed by atoms with E-state index < -0.39 is 30.3 Å². The average Bonchev–Trinajstić information content (AvgIpc) is 2.23. The number of hydrogen-bond donors (Lipinski definition) is 5. The monoisotopic (exact) mass is 177 g/mol. The van der Waals surface area contributed by atoms with Crippen molar-refractivity contribution in [1.29, 1.82) is 0 Å². The minimum absolute atomic E-state index is 0.127. The van der Waals surface area contributed by atoms with Crippen molar-refractivity contribution in [3.05, 3.63) is 0 Å². The van der Waals surface area contributed by atoms with Crippen molar-refractivity contribution in [2.75, 3.05) is 6.61 Å². The molecule has 1 aliphatic rings. The van der Waals surface area contributed by atoms with Crippen LogP contribution in [0.5, 0.6) is 0 Å². The van der Waals surface area contributed by atoms with Gasteiger partial charge in [0.25, 0.3) is 0 Å². The molecule has 0 bridgehead atoms. The van der Waals surface area contributed by atoms with Gasteiger partial charge in [0.1, 0.15) is 0 Å². The van der Waals surface area contributed by atoms with Crippen molar-refractivity contribution in [2.24, 2.45) is 11.7 Å². The van der Waals surface area contributed by atoms with Crippen LogP contribution in [0.15, 0.2) is 0 Å². The van der Waals surface area contributed by atoms with Gasteiger partial charge in [0.15, 0.2) is 0 Å². The van der Waals surface area contributed by atoms with Crippen molar-refractivity contribution in [1.82, 2.24) is 0 Å². The van der Waals surface area contributed by atoms with Crippen LogP contribution in [0.4, 0.5) is 0 Å². The van der Waals surface area contributed by atoms with Gasteiger partial charge in [-0.3, -0.25) is 0 Å². The van der Waals surface area contributed by atoms with Crippen LogP contribution in [0.25, 0.3) is 0 Å². The third-order valence-corrected chi connectivity index (χ3v) is 2.48. The fourth-order valence-electron chi connectivity index (χ4n) is 1.66. The Labute approximate surface area is 70.4 Å². The molecule has 5 unspecified atom stereocenters. The minimum Gasteiger partial charge on any atom is -0.396 e. The molecule has 0 radical (unpaired) electrons. The van der Waals surface area contributed by atoms with Gasteiger partial charge in [-0.25, -0.2) is 0 Å². The molecule has 0 aliphatic heterocycles. The first-order chi connectivity index (χ1) is 5.59. The summed E-state index contributed by atoms with van der Waals surface area (Å²) in [5.74, 6) is -0.514. The average molecular weight is 177 g/mol. The highest BCUT2D eigenvalue weighted by molar-refractivity contribution is 5.00. The molecule has 12 heavy (non-hydrogen) atoms. The van der Waals surface area contributed by atoms with Gasteiger partial charge in [-0.05, 0) is 6.42 Å². The van der Waals surface area contributed by atoms with Gasteiger partial charge in [0.05, 0.1) is 24.4 Å². The number of aliphatic hydroxyl groups is 4. The van der Waals surface area contributed by atoms with E-state index in [9.17, 15) is 15.3 Å². The van der Waals surface area contributed by atoms with Crippen molar-refractivity contribution >= 4 is 0 Å². The second-order valence-electron chi connectivity index (χ2n) is 3.23. The Bertz CT molecular complexity index is 140. The van der Waals surface area contributed by atoms with Crippen molar-refractivity contribution in [3.8, 4) is 0 Å². The van der Waals surface area contributed by atoms with Gasteiger partial charge < -0.3 is 26.2 Å². The van der Waals surface area contributed by atoms with Crippen LogP contribution in [0, 0.1) is 5.92 Å². The fourth-order valence-corrected chi connectivity index (χ4v) is 1.66. The van der Waals surface area contributed by atoms with E-state index >= 15 is 0 Å². The Morgan fingerprint density at radius 1 is 1.00 bits per heavy atom. The quantitative estimate of drug-likeness (QED) is 0.318. The molecule has 0 aromatic carbocycles. The highest BCUT2D eigenvalue weighted by Crippen LogP contribution is 2.28. The summed E-state index contributed by atoms with van der Waals surface area (Å²) in [6.07, 6.45) is -2.78. The molecule has 0 spiro atoms. The van der Waals surface area contributed by atoms with E-state index in [1.807, 2.05) is 0 Å². The summed E-state index contributed by atoms with van der Waals surface area (Å²) in [6, 6.07) is -0.809. The van der Waals surface area contributed by atoms with Crippen LogP contribution in [0.3, 0.4) is 0 Å². The topological polar surface area (TPSA) is 107 Å². The van der Waals surface area contributed by atoms with Gasteiger partial charge >= 0.3 is 0 Å². The molecular weight excluding hydrogens is 162 g/mol. The molecule has 72 valence electrons. The Morgan fingerprint density at radius 3 is 1.92 bits per heavy atom. The maximum absolute atomic E-state index is 9.37. The molecule has 1 aliphatic carbocycles. The summed E-state index contributed by atoms with van der Waals surface area (Å²) in [5, 5.41) is 36.5. The molecule has 5 atom stereocenters. The van der Waals surface area contributed by atoms with Crippen LogP contribution in [0.2, 0.25) is 0 Å². The predicted molar refractivity (Wildman–Crippen MR) is 41.2 cm³/mol. The van der Waals surface area contributed by atoms with Gasteiger partial charge in [-0.2, -0.15) is 0 Å². The maximum atomic E-state index is 9.37. The standard InChI is InChI=1S/C7H15NO4/c8-4-5(10)3(1-2-9)6(11)7(4)12/h3-7,9-12H,1-2,8H2. The highest BCUT2D eigenvalue weighted by atomic mass is 16.3. The van der Waals surface area contributed by atoms with E-state index in [-0.39, 0.29) is 13.0 Å². The largest absolute Gasteiger partial charge is 0.396 e. The molecule has 0 aromatic heterocycles. The van der Waals surface area contributed by atoms with Crippen LogP contribution >= 0.6 is 0 Å². The Hall–Kier alpha value is -0.200. The lowest BCUT2D eigenvalue weighted by molar-refractivity contribution is 0.00506. The van der Waals surface area contributed by atoms with Crippen molar-refractivity contribution in [3.63, 3.8) is 0 Å². The zero-order valence-corrected chi connectivity index (χ0v) is 6.67. The zero-order valence-electron chi connectivity index (χ0n) is 6.67. The van der Waals surface area contributed by atoms with E-state index in [2.05, 4.69) is 0 Å². The lowest BCUT2D eigenvalue weighted by Crippen LogP contribution is -2.40. The first-order valence-corrected chi connectivity index (χ1v) is 4.00. The van der Waals surface area contributed by atoms with Gasteiger partial charge in [0, 0.05) is 12.5 Å². The summed E-state index contributed by atoms with van der Waals surface area (Å²) < 4.78 is 0. The Balaban J connectivity index is 2.62. The van der Waals surface area contributed by atoms with Crippen molar-refractivity contribution < 1.29 is 20.4 Å². The van der Waals surface area contributed by atoms with E-state index in [0.29, 0.717) is 0 Å². The molecule has 0 amide bonds. The molecule has 0 heterocycles.